The molecule has 0 saturated carbocycles. The standard InChI is InChI=1S/C19H16F3N3O4/c1-12-23-17(25-29-12)10-27-15-7-5-13(6-8-15)18(26)24-14-3-2-4-16(9-14)28-11-19(20,21)22/h2-9H,10-11H2,1H3,(H,24,26). The van der Waals surface area contributed by atoms with E-state index >= 15 is 0 Å². The van der Waals surface area contributed by atoms with Gasteiger partial charge in [-0.2, -0.15) is 18.2 Å². The number of aromatic nitrogens is 2. The molecule has 0 bridgehead atoms. The van der Waals surface area contributed by atoms with Crippen LogP contribution < -0.4 is 14.8 Å². The Labute approximate surface area is 163 Å². The van der Waals surface area contributed by atoms with Crippen molar-refractivity contribution >= 4 is 11.6 Å². The van der Waals surface area contributed by atoms with Crippen LogP contribution in [0.1, 0.15) is 22.1 Å². The number of anilines is 1. The summed E-state index contributed by atoms with van der Waals surface area (Å²) in [5, 5.41) is 6.31. The third-order valence-electron chi connectivity index (χ3n) is 3.55. The highest BCUT2D eigenvalue weighted by molar-refractivity contribution is 6.04. The van der Waals surface area contributed by atoms with Crippen molar-refractivity contribution in [3.63, 3.8) is 0 Å². The summed E-state index contributed by atoms with van der Waals surface area (Å²) in [6.45, 7) is 0.380. The SMILES string of the molecule is Cc1nc(COc2ccc(C(=O)Nc3cccc(OCC(F)(F)F)c3)cc2)no1. The summed E-state index contributed by atoms with van der Waals surface area (Å²) < 4.78 is 51.7. The number of hydrogen-bond donors (Lipinski definition) is 1. The van der Waals surface area contributed by atoms with Gasteiger partial charge in [-0.25, -0.2) is 0 Å². The molecule has 1 heterocycles. The van der Waals surface area contributed by atoms with Crippen molar-refractivity contribution in [3.8, 4) is 11.5 Å². The largest absolute Gasteiger partial charge is 0.485 e. The molecule has 2 aromatic carbocycles. The minimum absolute atomic E-state index is 0.000533. The van der Waals surface area contributed by atoms with E-state index in [0.29, 0.717) is 28.7 Å². The predicted molar refractivity (Wildman–Crippen MR) is 95.8 cm³/mol. The van der Waals surface area contributed by atoms with Crippen LogP contribution in [0, 0.1) is 6.92 Å². The van der Waals surface area contributed by atoms with E-state index in [0.717, 1.165) is 0 Å². The van der Waals surface area contributed by atoms with Crippen LogP contribution in [0.2, 0.25) is 0 Å². The zero-order chi connectivity index (χ0) is 20.9. The van der Waals surface area contributed by atoms with Crippen molar-refractivity contribution < 1.29 is 32.0 Å². The van der Waals surface area contributed by atoms with E-state index in [2.05, 4.69) is 20.2 Å². The van der Waals surface area contributed by atoms with Gasteiger partial charge in [-0.1, -0.05) is 11.2 Å². The lowest BCUT2D eigenvalue weighted by molar-refractivity contribution is -0.153. The Morgan fingerprint density at radius 2 is 1.86 bits per heavy atom. The Morgan fingerprint density at radius 1 is 1.10 bits per heavy atom. The summed E-state index contributed by atoms with van der Waals surface area (Å²) in [4.78, 5) is 16.3. The molecule has 0 radical (unpaired) electrons. The van der Waals surface area contributed by atoms with Crippen molar-refractivity contribution in [3.05, 3.63) is 65.8 Å². The molecule has 0 aliphatic carbocycles. The van der Waals surface area contributed by atoms with Gasteiger partial charge in [-0.15, -0.1) is 0 Å². The van der Waals surface area contributed by atoms with Gasteiger partial charge in [-0.3, -0.25) is 4.79 Å². The van der Waals surface area contributed by atoms with E-state index in [1.807, 2.05) is 0 Å². The van der Waals surface area contributed by atoms with Crippen LogP contribution in [0.15, 0.2) is 53.1 Å². The number of rotatable bonds is 7. The Balaban J connectivity index is 1.56. The molecule has 3 aromatic rings. The lowest BCUT2D eigenvalue weighted by Crippen LogP contribution is -2.19. The van der Waals surface area contributed by atoms with Crippen molar-refractivity contribution in [1.29, 1.82) is 0 Å². The van der Waals surface area contributed by atoms with Crippen molar-refractivity contribution in [2.24, 2.45) is 0 Å². The van der Waals surface area contributed by atoms with E-state index in [1.165, 1.54) is 18.2 Å². The molecule has 0 atom stereocenters. The first-order valence-electron chi connectivity index (χ1n) is 8.41. The second-order valence-corrected chi connectivity index (χ2v) is 5.93. The summed E-state index contributed by atoms with van der Waals surface area (Å²) in [5.74, 6) is 0.908. The van der Waals surface area contributed by atoms with E-state index in [9.17, 15) is 18.0 Å². The quantitative estimate of drug-likeness (QED) is 0.633. The Morgan fingerprint density at radius 3 is 2.52 bits per heavy atom. The van der Waals surface area contributed by atoms with Gasteiger partial charge >= 0.3 is 6.18 Å². The smallest absolute Gasteiger partial charge is 0.422 e. The summed E-state index contributed by atoms with van der Waals surface area (Å²) in [6, 6.07) is 12.0. The minimum atomic E-state index is -4.44. The molecular weight excluding hydrogens is 391 g/mol. The summed E-state index contributed by atoms with van der Waals surface area (Å²) in [5.41, 5.74) is 0.650. The van der Waals surface area contributed by atoms with Crippen molar-refractivity contribution in [1.82, 2.24) is 10.1 Å². The molecule has 1 aromatic heterocycles. The average molecular weight is 407 g/mol. The summed E-state index contributed by atoms with van der Waals surface area (Å²) in [7, 11) is 0. The molecule has 152 valence electrons. The van der Waals surface area contributed by atoms with Crippen LogP contribution in [-0.2, 0) is 6.61 Å². The fourth-order valence-corrected chi connectivity index (χ4v) is 2.28. The third kappa shape index (κ3) is 6.23. The Kier molecular flexibility index (Phi) is 6.01. The number of amides is 1. The lowest BCUT2D eigenvalue weighted by Gasteiger charge is -2.11. The topological polar surface area (TPSA) is 86.5 Å². The number of ether oxygens (including phenoxy) is 2. The van der Waals surface area contributed by atoms with E-state index in [-0.39, 0.29) is 12.4 Å². The van der Waals surface area contributed by atoms with Crippen LogP contribution in [0.4, 0.5) is 18.9 Å². The van der Waals surface area contributed by atoms with Crippen LogP contribution in [-0.4, -0.2) is 28.8 Å². The van der Waals surface area contributed by atoms with Crippen LogP contribution in [0.5, 0.6) is 11.5 Å². The third-order valence-corrected chi connectivity index (χ3v) is 3.55. The first kappa shape index (κ1) is 20.2. The fourth-order valence-electron chi connectivity index (χ4n) is 2.28. The van der Waals surface area contributed by atoms with E-state index in [4.69, 9.17) is 9.26 Å². The Bertz CT molecular complexity index is 971. The number of carbonyl (C=O) groups is 1. The number of halogens is 3. The second-order valence-electron chi connectivity index (χ2n) is 5.93. The van der Waals surface area contributed by atoms with Gasteiger partial charge in [0.25, 0.3) is 5.91 Å². The maximum absolute atomic E-state index is 12.3. The molecule has 29 heavy (non-hydrogen) atoms. The second kappa shape index (κ2) is 8.63. The molecule has 0 aliphatic rings. The van der Waals surface area contributed by atoms with E-state index in [1.54, 1.807) is 37.3 Å². The molecule has 0 aliphatic heterocycles. The van der Waals surface area contributed by atoms with Gasteiger partial charge < -0.3 is 19.3 Å². The van der Waals surface area contributed by atoms with Gasteiger partial charge in [0, 0.05) is 24.2 Å². The number of benzene rings is 2. The molecule has 0 spiro atoms. The highest BCUT2D eigenvalue weighted by Crippen LogP contribution is 2.22. The number of carbonyl (C=O) groups excluding carboxylic acids is 1. The summed E-state index contributed by atoms with van der Waals surface area (Å²) >= 11 is 0. The number of nitrogens with zero attached hydrogens (tertiary/aromatic N) is 2. The van der Waals surface area contributed by atoms with Gasteiger partial charge in [0.05, 0.1) is 0 Å². The predicted octanol–water partition coefficient (Wildman–Crippen LogP) is 4.15. The maximum Gasteiger partial charge on any atom is 0.422 e. The minimum Gasteiger partial charge on any atom is -0.485 e. The van der Waals surface area contributed by atoms with Gasteiger partial charge in [0.2, 0.25) is 11.7 Å². The lowest BCUT2D eigenvalue weighted by atomic mass is 10.2. The molecular formula is C19H16F3N3O4. The zero-order valence-corrected chi connectivity index (χ0v) is 15.2. The molecule has 0 saturated heterocycles. The van der Waals surface area contributed by atoms with Crippen LogP contribution in [0.25, 0.3) is 0 Å². The number of alkyl halides is 3. The van der Waals surface area contributed by atoms with Crippen LogP contribution >= 0.6 is 0 Å². The van der Waals surface area contributed by atoms with E-state index < -0.39 is 18.7 Å². The highest BCUT2D eigenvalue weighted by Gasteiger charge is 2.28. The van der Waals surface area contributed by atoms with Crippen LogP contribution in [0.3, 0.4) is 0 Å². The Hall–Kier alpha value is -3.56. The molecule has 0 unspecified atom stereocenters. The molecule has 1 N–H and O–H groups in total. The monoisotopic (exact) mass is 407 g/mol. The molecule has 0 fully saturated rings. The number of aryl methyl sites for hydroxylation is 1. The first-order chi connectivity index (χ1) is 13.8. The van der Waals surface area contributed by atoms with Gasteiger partial charge in [0.15, 0.2) is 13.2 Å². The van der Waals surface area contributed by atoms with Crippen molar-refractivity contribution in [2.75, 3.05) is 11.9 Å². The normalized spacial score (nSPS) is 11.2. The molecule has 1 amide bonds. The average Bonchev–Trinajstić information content (AvgIpc) is 3.10. The fraction of sp³-hybridized carbons (Fsp3) is 0.211. The van der Waals surface area contributed by atoms with Gasteiger partial charge in [-0.05, 0) is 36.4 Å². The first-order valence-corrected chi connectivity index (χ1v) is 8.41. The van der Waals surface area contributed by atoms with Gasteiger partial charge in [0.1, 0.15) is 11.5 Å². The van der Waals surface area contributed by atoms with Crippen molar-refractivity contribution in [2.45, 2.75) is 19.7 Å². The molecule has 10 heteroatoms. The highest BCUT2D eigenvalue weighted by atomic mass is 19.4. The molecule has 7 nitrogen and oxygen atoms in total. The molecule has 3 rings (SSSR count). The maximum atomic E-state index is 12.3. The zero-order valence-electron chi connectivity index (χ0n) is 15.2. The number of nitrogens with one attached hydrogen (secondary N) is 1. The number of hydrogen-bond acceptors (Lipinski definition) is 6. The summed E-state index contributed by atoms with van der Waals surface area (Å²) in [6.07, 6.45) is -4.44.